The van der Waals surface area contributed by atoms with Crippen molar-refractivity contribution in [1.82, 2.24) is 0 Å². The Labute approximate surface area is 182 Å². The molecule has 4 aliphatic rings. The minimum atomic E-state index is -4.33. The Hall–Kier alpha value is -0.0500. The van der Waals surface area contributed by atoms with E-state index in [0.29, 0.717) is 35.4 Å². The molecule has 4 rings (SSSR count). The lowest BCUT2D eigenvalue weighted by atomic mass is 9.70. The molecule has 4 fully saturated rings. The first-order valence-corrected chi connectivity index (χ1v) is 15.2. The van der Waals surface area contributed by atoms with Crippen molar-refractivity contribution in [1.29, 1.82) is 0 Å². The normalized spacial score (nSPS) is 32.2. The van der Waals surface area contributed by atoms with E-state index in [9.17, 15) is 22.6 Å². The lowest BCUT2D eigenvalue weighted by Crippen LogP contribution is -2.42. The van der Waals surface area contributed by atoms with Crippen LogP contribution in [-0.4, -0.2) is 59.1 Å². The summed E-state index contributed by atoms with van der Waals surface area (Å²) in [4.78, 5) is 23.8. The Balaban J connectivity index is 0.000000166. The van der Waals surface area contributed by atoms with Gasteiger partial charge in [-0.05, 0) is 47.9 Å². The maximum absolute atomic E-state index is 11.9. The molecule has 2 bridgehead atoms. The summed E-state index contributed by atoms with van der Waals surface area (Å²) in [5.41, 5.74) is -1.22. The number of Topliss-reactive ketones (excluding diaryl/α,β-unsaturated/α-hetero) is 2. The highest BCUT2D eigenvalue weighted by molar-refractivity contribution is 8.05. The highest BCUT2D eigenvalue weighted by Crippen LogP contribution is 2.64. The summed E-state index contributed by atoms with van der Waals surface area (Å²) in [5.74, 6) is 6.90. The van der Waals surface area contributed by atoms with E-state index in [1.165, 1.54) is 48.7 Å². The number of fused-ring (bicyclic) bond motifs is 2. The summed E-state index contributed by atoms with van der Waals surface area (Å²) in [7, 11) is -3.87. The van der Waals surface area contributed by atoms with Crippen LogP contribution in [0.15, 0.2) is 0 Å². The van der Waals surface area contributed by atoms with Gasteiger partial charge in [0.2, 0.25) is 0 Å². The highest BCUT2D eigenvalue weighted by Gasteiger charge is 2.64. The van der Waals surface area contributed by atoms with Crippen molar-refractivity contribution in [2.24, 2.45) is 22.7 Å². The molecule has 5 nitrogen and oxygen atoms in total. The van der Waals surface area contributed by atoms with Gasteiger partial charge in [0.05, 0.1) is 15.9 Å². The molecule has 3 saturated carbocycles. The summed E-state index contributed by atoms with van der Waals surface area (Å²) >= 11 is 2.05. The molecule has 166 valence electrons. The monoisotopic (exact) mass is 462 g/mol. The van der Waals surface area contributed by atoms with Gasteiger partial charge in [-0.25, -0.2) is 8.42 Å². The van der Waals surface area contributed by atoms with Gasteiger partial charge in [-0.3, -0.25) is 9.59 Å². The highest BCUT2D eigenvalue weighted by atomic mass is 32.2. The Morgan fingerprint density at radius 1 is 1.17 bits per heavy atom. The fourth-order valence-corrected chi connectivity index (χ4v) is 11.1. The second-order valence-electron chi connectivity index (χ2n) is 9.59. The van der Waals surface area contributed by atoms with Gasteiger partial charge in [0.15, 0.2) is 11.5 Å². The molecule has 3 aliphatic carbocycles. The molecule has 1 saturated heterocycles. The Morgan fingerprint density at radius 3 is 2.28 bits per heavy atom. The third-order valence-electron chi connectivity index (χ3n) is 7.75. The van der Waals surface area contributed by atoms with Crippen molar-refractivity contribution >= 4 is 44.3 Å². The minimum Gasteiger partial charge on any atom is -0.748 e. The average Bonchev–Trinajstić information content (AvgIpc) is 3.29. The first-order valence-electron chi connectivity index (χ1n) is 10.8. The number of carbonyl (C=O) groups excluding carboxylic acids is 2. The molecule has 0 aromatic carbocycles. The number of hydrogen-bond acceptors (Lipinski definition) is 6. The second kappa shape index (κ2) is 9.21. The summed E-state index contributed by atoms with van der Waals surface area (Å²) in [5, 5.41) is 0. The van der Waals surface area contributed by atoms with Gasteiger partial charge in [0, 0.05) is 29.3 Å². The Morgan fingerprint density at radius 2 is 1.79 bits per heavy atom. The number of hydrogen-bond donors (Lipinski definition) is 0. The van der Waals surface area contributed by atoms with E-state index in [1.54, 1.807) is 0 Å². The first kappa shape index (κ1) is 23.6. The third kappa shape index (κ3) is 5.24. The molecule has 1 aliphatic heterocycles. The van der Waals surface area contributed by atoms with Gasteiger partial charge >= 0.3 is 0 Å². The average molecular weight is 463 g/mol. The minimum absolute atomic E-state index is 0.0248. The molecular formula is C21H34O5S3. The molecule has 2 atom stereocenters. The molecule has 1 heterocycles. The van der Waals surface area contributed by atoms with Crippen LogP contribution in [0.2, 0.25) is 0 Å². The van der Waals surface area contributed by atoms with Crippen LogP contribution in [-0.2, 0) is 30.6 Å². The van der Waals surface area contributed by atoms with Crippen molar-refractivity contribution in [3.05, 3.63) is 0 Å². The maximum atomic E-state index is 11.9. The van der Waals surface area contributed by atoms with Crippen LogP contribution in [0.25, 0.3) is 0 Å². The molecule has 0 amide bonds. The standard InChI is InChI=1S/C11H19OS2.C10H16O4S/c12-11(10-3-1-2-4-10)9-14-7-5-13-6-8-14;1-9(2)7-3-4-10(9,8(11)5-7)6-15(12,13)14/h10H,1-9H2;7H,3-6H2,1-2H3,(H,12,13,14)/q+1;/p-1. The largest absolute Gasteiger partial charge is 0.748 e. The predicted molar refractivity (Wildman–Crippen MR) is 119 cm³/mol. The quantitative estimate of drug-likeness (QED) is 0.461. The van der Waals surface area contributed by atoms with E-state index in [2.05, 4.69) is 11.8 Å². The lowest BCUT2D eigenvalue weighted by Gasteiger charge is -2.37. The zero-order valence-corrected chi connectivity index (χ0v) is 20.1. The molecular weight excluding hydrogens is 428 g/mol. The smallest absolute Gasteiger partial charge is 0.184 e. The predicted octanol–water partition coefficient (Wildman–Crippen LogP) is 3.04. The van der Waals surface area contributed by atoms with E-state index in [0.717, 1.165) is 12.2 Å². The van der Waals surface area contributed by atoms with Crippen LogP contribution in [0.3, 0.4) is 0 Å². The van der Waals surface area contributed by atoms with Gasteiger partial charge in [-0.1, -0.05) is 26.7 Å². The maximum Gasteiger partial charge on any atom is 0.184 e. The van der Waals surface area contributed by atoms with Gasteiger partial charge in [-0.15, -0.1) is 0 Å². The molecule has 0 N–H and O–H groups in total. The fourth-order valence-electron chi connectivity index (χ4n) is 5.68. The zero-order chi connectivity index (χ0) is 21.3. The first-order chi connectivity index (χ1) is 13.6. The van der Waals surface area contributed by atoms with Crippen LogP contribution in [0.5, 0.6) is 0 Å². The van der Waals surface area contributed by atoms with Gasteiger partial charge in [0.1, 0.15) is 17.3 Å². The second-order valence-corrected chi connectivity index (χ2v) is 14.6. The molecule has 8 heteroatoms. The molecule has 0 radical (unpaired) electrons. The summed E-state index contributed by atoms with van der Waals surface area (Å²) < 4.78 is 32.7. The van der Waals surface area contributed by atoms with Crippen LogP contribution in [0.1, 0.15) is 58.8 Å². The van der Waals surface area contributed by atoms with E-state index in [1.807, 2.05) is 13.8 Å². The Bertz CT molecular complexity index is 721. The number of ketones is 2. The van der Waals surface area contributed by atoms with Crippen molar-refractivity contribution in [2.45, 2.75) is 58.8 Å². The molecule has 0 spiro atoms. The Kier molecular flexibility index (Phi) is 7.50. The number of carbonyl (C=O) groups is 2. The van der Waals surface area contributed by atoms with E-state index >= 15 is 0 Å². The summed E-state index contributed by atoms with van der Waals surface area (Å²) in [6.45, 7) is 3.83. The van der Waals surface area contributed by atoms with Crippen molar-refractivity contribution in [3.8, 4) is 0 Å². The van der Waals surface area contributed by atoms with Crippen LogP contribution in [0.4, 0.5) is 0 Å². The topological polar surface area (TPSA) is 91.3 Å². The van der Waals surface area contributed by atoms with Gasteiger partial charge in [0.25, 0.3) is 0 Å². The SMILES string of the molecule is CC1(C)C2CCC1(CS(=O)(=O)[O-])C(=O)C2.O=C(C[S+]1CCSCC1)C1CCCC1. The van der Waals surface area contributed by atoms with Gasteiger partial charge in [-0.2, -0.15) is 11.8 Å². The molecule has 2 unspecified atom stereocenters. The zero-order valence-electron chi connectivity index (χ0n) is 17.6. The molecule has 29 heavy (non-hydrogen) atoms. The lowest BCUT2D eigenvalue weighted by molar-refractivity contribution is -0.128. The number of rotatable bonds is 5. The summed E-state index contributed by atoms with van der Waals surface area (Å²) in [6.07, 6.45) is 6.83. The molecule has 0 aromatic heterocycles. The fraction of sp³-hybridized carbons (Fsp3) is 0.905. The van der Waals surface area contributed by atoms with E-state index < -0.39 is 21.3 Å². The molecule has 0 aromatic rings. The van der Waals surface area contributed by atoms with Crippen molar-refractivity contribution in [2.75, 3.05) is 34.5 Å². The van der Waals surface area contributed by atoms with E-state index in [4.69, 9.17) is 0 Å². The van der Waals surface area contributed by atoms with Crippen molar-refractivity contribution < 1.29 is 22.6 Å². The summed E-state index contributed by atoms with van der Waals surface area (Å²) in [6, 6.07) is 0. The van der Waals surface area contributed by atoms with Crippen LogP contribution >= 0.6 is 11.8 Å². The third-order valence-corrected chi connectivity index (χ3v) is 12.4. The van der Waals surface area contributed by atoms with E-state index in [-0.39, 0.29) is 17.1 Å². The van der Waals surface area contributed by atoms with Crippen LogP contribution in [0, 0.1) is 22.7 Å². The van der Waals surface area contributed by atoms with Crippen molar-refractivity contribution in [3.63, 3.8) is 0 Å². The van der Waals surface area contributed by atoms with Crippen LogP contribution < -0.4 is 0 Å². The number of thioether (sulfide) groups is 1. The van der Waals surface area contributed by atoms with Gasteiger partial charge < -0.3 is 4.55 Å².